The number of carbonyl (C=O) groups is 1. The summed E-state index contributed by atoms with van der Waals surface area (Å²) in [5.41, 5.74) is -0.312. The largest absolute Gasteiger partial charge is 0.487 e. The third-order valence-electron chi connectivity index (χ3n) is 3.35. The lowest BCUT2D eigenvalue weighted by Gasteiger charge is -2.14. The van der Waals surface area contributed by atoms with Gasteiger partial charge in [0.1, 0.15) is 18.2 Å². The normalized spacial score (nSPS) is 11.5. The van der Waals surface area contributed by atoms with Gasteiger partial charge < -0.3 is 9.84 Å². The smallest absolute Gasteiger partial charge is 0.416 e. The number of halogens is 6. The fourth-order valence-electron chi connectivity index (χ4n) is 2.20. The molecular weight excluding hydrogens is 488 g/mol. The van der Waals surface area contributed by atoms with E-state index in [1.807, 2.05) is 0 Å². The molecule has 0 aliphatic rings. The van der Waals surface area contributed by atoms with E-state index in [0.717, 1.165) is 17.7 Å². The van der Waals surface area contributed by atoms with Crippen molar-refractivity contribution in [2.75, 3.05) is 0 Å². The summed E-state index contributed by atoms with van der Waals surface area (Å²) in [6, 6.07) is 5.54. The number of hydrogen-bond acceptors (Lipinski definition) is 2. The Hall–Kier alpha value is -1.61. The van der Waals surface area contributed by atoms with Gasteiger partial charge in [0.05, 0.1) is 14.5 Å². The molecule has 0 aromatic heterocycles. The van der Waals surface area contributed by atoms with Crippen molar-refractivity contribution in [2.45, 2.75) is 25.6 Å². The Bertz CT molecular complexity index is 799. The summed E-state index contributed by atoms with van der Waals surface area (Å²) >= 11 is 6.57. The van der Waals surface area contributed by atoms with Gasteiger partial charge in [-0.15, -0.1) is 0 Å². The second-order valence-corrected chi connectivity index (χ2v) is 7.13. The zero-order valence-electron chi connectivity index (χ0n) is 13.0. The van der Waals surface area contributed by atoms with Crippen LogP contribution in [0.4, 0.5) is 17.6 Å². The minimum atomic E-state index is -4.65. The highest BCUT2D eigenvalue weighted by Crippen LogP contribution is 2.36. The summed E-state index contributed by atoms with van der Waals surface area (Å²) in [6.45, 7) is -0.271. The average molecular weight is 500 g/mol. The van der Waals surface area contributed by atoms with E-state index in [-0.39, 0.29) is 18.6 Å². The van der Waals surface area contributed by atoms with Crippen molar-refractivity contribution in [3.05, 3.63) is 61.8 Å². The van der Waals surface area contributed by atoms with E-state index in [1.54, 1.807) is 12.1 Å². The van der Waals surface area contributed by atoms with Gasteiger partial charge >= 0.3 is 12.1 Å². The standard InChI is InChI=1S/C17H12Br2F4O3/c18-13-5-9(1-2-15(24)25)6-14(19)16(13)26-8-10-3-11(17(21,22)23)7-12(20)4-10/h3-7H,1-2,8H2,(H,24,25). The molecule has 0 aliphatic heterocycles. The lowest BCUT2D eigenvalue weighted by atomic mass is 10.1. The molecule has 2 aromatic carbocycles. The molecule has 0 amide bonds. The highest BCUT2D eigenvalue weighted by molar-refractivity contribution is 9.11. The number of alkyl halides is 3. The van der Waals surface area contributed by atoms with Crippen LogP contribution in [0.1, 0.15) is 23.1 Å². The van der Waals surface area contributed by atoms with Gasteiger partial charge in [0.25, 0.3) is 0 Å². The molecule has 0 atom stereocenters. The van der Waals surface area contributed by atoms with Crippen LogP contribution in [-0.2, 0) is 24.0 Å². The second kappa shape index (κ2) is 8.39. The molecule has 2 rings (SSSR count). The maximum Gasteiger partial charge on any atom is 0.416 e. The van der Waals surface area contributed by atoms with E-state index in [2.05, 4.69) is 31.9 Å². The first-order valence-electron chi connectivity index (χ1n) is 7.25. The molecule has 0 saturated carbocycles. The monoisotopic (exact) mass is 498 g/mol. The Labute approximate surface area is 163 Å². The molecule has 0 radical (unpaired) electrons. The molecule has 2 aromatic rings. The fourth-order valence-corrected chi connectivity index (χ4v) is 3.71. The molecule has 3 nitrogen and oxygen atoms in total. The van der Waals surface area contributed by atoms with Gasteiger partial charge in [-0.25, -0.2) is 4.39 Å². The predicted molar refractivity (Wildman–Crippen MR) is 93.5 cm³/mol. The summed E-state index contributed by atoms with van der Waals surface area (Å²) in [6.07, 6.45) is -4.38. The number of carboxylic acid groups (broad SMARTS) is 1. The fraction of sp³-hybridized carbons (Fsp3) is 0.235. The number of benzene rings is 2. The van der Waals surface area contributed by atoms with Crippen LogP contribution < -0.4 is 4.74 Å². The number of rotatable bonds is 6. The molecule has 0 spiro atoms. The van der Waals surface area contributed by atoms with Crippen molar-refractivity contribution in [3.63, 3.8) is 0 Å². The summed E-state index contributed by atoms with van der Waals surface area (Å²) in [4.78, 5) is 10.6. The maximum absolute atomic E-state index is 13.4. The number of hydrogen-bond donors (Lipinski definition) is 1. The molecule has 1 N–H and O–H groups in total. The van der Waals surface area contributed by atoms with Crippen LogP contribution in [0.5, 0.6) is 5.75 Å². The van der Waals surface area contributed by atoms with Gasteiger partial charge in [-0.2, -0.15) is 13.2 Å². The van der Waals surface area contributed by atoms with Crippen LogP contribution in [0.3, 0.4) is 0 Å². The highest BCUT2D eigenvalue weighted by Gasteiger charge is 2.31. The van der Waals surface area contributed by atoms with Gasteiger partial charge in [-0.1, -0.05) is 0 Å². The molecule has 140 valence electrons. The summed E-state index contributed by atoms with van der Waals surface area (Å²) in [5, 5.41) is 8.72. The third kappa shape index (κ3) is 5.70. The Balaban J connectivity index is 2.17. The van der Waals surface area contributed by atoms with Crippen LogP contribution in [-0.4, -0.2) is 11.1 Å². The van der Waals surface area contributed by atoms with Gasteiger partial charge in [0, 0.05) is 6.42 Å². The minimum absolute atomic E-state index is 0.0334. The van der Waals surface area contributed by atoms with Crippen LogP contribution in [0, 0.1) is 5.82 Å². The van der Waals surface area contributed by atoms with Crippen molar-refractivity contribution in [2.24, 2.45) is 0 Å². The highest BCUT2D eigenvalue weighted by atomic mass is 79.9. The van der Waals surface area contributed by atoms with Crippen molar-refractivity contribution in [3.8, 4) is 5.75 Å². The first-order chi connectivity index (χ1) is 12.1. The third-order valence-corrected chi connectivity index (χ3v) is 4.53. The van der Waals surface area contributed by atoms with Crippen molar-refractivity contribution < 1.29 is 32.2 Å². The van der Waals surface area contributed by atoms with E-state index >= 15 is 0 Å². The first-order valence-corrected chi connectivity index (χ1v) is 8.84. The lowest BCUT2D eigenvalue weighted by Crippen LogP contribution is -2.07. The maximum atomic E-state index is 13.4. The van der Waals surface area contributed by atoms with E-state index in [0.29, 0.717) is 27.2 Å². The molecule has 0 saturated heterocycles. The molecule has 0 aliphatic carbocycles. The zero-order chi connectivity index (χ0) is 19.5. The van der Waals surface area contributed by atoms with Crippen LogP contribution >= 0.6 is 31.9 Å². The van der Waals surface area contributed by atoms with Crippen LogP contribution in [0.15, 0.2) is 39.3 Å². The minimum Gasteiger partial charge on any atom is -0.487 e. The van der Waals surface area contributed by atoms with E-state index in [4.69, 9.17) is 9.84 Å². The molecule has 0 fully saturated rings. The summed E-state index contributed by atoms with van der Waals surface area (Å²) < 4.78 is 58.2. The number of aryl methyl sites for hydroxylation is 1. The van der Waals surface area contributed by atoms with Gasteiger partial charge in [0.15, 0.2) is 0 Å². The number of ether oxygens (including phenoxy) is 1. The number of carboxylic acids is 1. The second-order valence-electron chi connectivity index (χ2n) is 5.42. The molecule has 26 heavy (non-hydrogen) atoms. The van der Waals surface area contributed by atoms with Crippen molar-refractivity contribution in [1.29, 1.82) is 0 Å². The van der Waals surface area contributed by atoms with Crippen molar-refractivity contribution in [1.82, 2.24) is 0 Å². The van der Waals surface area contributed by atoms with Gasteiger partial charge in [-0.3, -0.25) is 4.79 Å². The van der Waals surface area contributed by atoms with Crippen molar-refractivity contribution >= 4 is 37.8 Å². The van der Waals surface area contributed by atoms with Gasteiger partial charge in [-0.05, 0) is 79.7 Å². The van der Waals surface area contributed by atoms with E-state index in [1.165, 1.54) is 0 Å². The molecule has 0 unspecified atom stereocenters. The Morgan fingerprint density at radius 3 is 2.19 bits per heavy atom. The van der Waals surface area contributed by atoms with Gasteiger partial charge in [0.2, 0.25) is 0 Å². The Morgan fingerprint density at radius 2 is 1.65 bits per heavy atom. The molecule has 0 heterocycles. The summed E-state index contributed by atoms with van der Waals surface area (Å²) in [5.74, 6) is -1.60. The van der Waals surface area contributed by atoms with E-state index in [9.17, 15) is 22.4 Å². The van der Waals surface area contributed by atoms with E-state index < -0.39 is 23.5 Å². The van der Waals surface area contributed by atoms with Crippen LogP contribution in [0.2, 0.25) is 0 Å². The molecule has 9 heteroatoms. The summed E-state index contributed by atoms with van der Waals surface area (Å²) in [7, 11) is 0. The SMILES string of the molecule is O=C(O)CCc1cc(Br)c(OCc2cc(F)cc(C(F)(F)F)c2)c(Br)c1. The number of aliphatic carboxylic acids is 1. The Morgan fingerprint density at radius 1 is 1.04 bits per heavy atom. The average Bonchev–Trinajstić information content (AvgIpc) is 2.50. The topological polar surface area (TPSA) is 46.5 Å². The quantitative estimate of drug-likeness (QED) is 0.498. The molecular formula is C17H12Br2F4O3. The Kier molecular flexibility index (Phi) is 6.68. The first kappa shape index (κ1) is 20.7. The molecule has 0 bridgehead atoms. The lowest BCUT2D eigenvalue weighted by molar-refractivity contribution is -0.138. The van der Waals surface area contributed by atoms with Crippen LogP contribution in [0.25, 0.3) is 0 Å². The predicted octanol–water partition coefficient (Wildman–Crippen LogP) is 5.97. The zero-order valence-corrected chi connectivity index (χ0v) is 16.2.